The van der Waals surface area contributed by atoms with Gasteiger partial charge in [0.15, 0.2) is 11.5 Å². The third kappa shape index (κ3) is 2.85. The molecule has 24 heavy (non-hydrogen) atoms. The van der Waals surface area contributed by atoms with E-state index >= 15 is 0 Å². The molecule has 0 radical (unpaired) electrons. The Labute approximate surface area is 139 Å². The number of nitrogens with two attached hydrogens (primary N) is 1. The molecule has 2 aromatic heterocycles. The Bertz CT molecular complexity index is 883. The van der Waals surface area contributed by atoms with Crippen LogP contribution >= 0.6 is 0 Å². The fourth-order valence-electron chi connectivity index (χ4n) is 2.53. The van der Waals surface area contributed by atoms with Crippen molar-refractivity contribution < 1.29 is 18.9 Å². The van der Waals surface area contributed by atoms with E-state index in [1.54, 1.807) is 27.5 Å². The summed E-state index contributed by atoms with van der Waals surface area (Å²) in [5.41, 5.74) is 6.77. The molecule has 0 atom stereocenters. The van der Waals surface area contributed by atoms with Crippen molar-refractivity contribution in [3.05, 3.63) is 24.4 Å². The second-order valence-electron chi connectivity index (χ2n) is 5.13. The quantitative estimate of drug-likeness (QED) is 0.548. The first kappa shape index (κ1) is 16.1. The molecule has 1 aromatic carbocycles. The second kappa shape index (κ2) is 6.76. The highest BCUT2D eigenvalue weighted by molar-refractivity contribution is 6.09. The Balaban J connectivity index is 2.19. The minimum Gasteiger partial charge on any atom is -0.493 e. The van der Waals surface area contributed by atoms with E-state index in [9.17, 15) is 0 Å². The third-order valence-electron chi connectivity index (χ3n) is 3.72. The van der Waals surface area contributed by atoms with E-state index in [4.69, 9.17) is 24.7 Å². The number of aromatic nitrogens is 2. The lowest BCUT2D eigenvalue weighted by molar-refractivity contribution is 0.144. The van der Waals surface area contributed by atoms with Gasteiger partial charge in [0.2, 0.25) is 5.88 Å². The minimum atomic E-state index is 0.373. The van der Waals surface area contributed by atoms with Gasteiger partial charge in [0, 0.05) is 41.6 Å². The summed E-state index contributed by atoms with van der Waals surface area (Å²) in [4.78, 5) is 8.64. The highest BCUT2D eigenvalue weighted by atomic mass is 16.5. The molecule has 0 saturated carbocycles. The van der Waals surface area contributed by atoms with E-state index in [0.29, 0.717) is 36.4 Å². The smallest absolute Gasteiger partial charge is 0.215 e. The summed E-state index contributed by atoms with van der Waals surface area (Å²) in [5.74, 6) is 2.05. The number of nitrogen functional groups attached to an aromatic ring is 1. The zero-order chi connectivity index (χ0) is 17.1. The van der Waals surface area contributed by atoms with Crippen molar-refractivity contribution in [3.8, 4) is 17.4 Å². The largest absolute Gasteiger partial charge is 0.493 e. The molecule has 2 heterocycles. The zero-order valence-electron chi connectivity index (χ0n) is 13.8. The molecule has 3 rings (SSSR count). The predicted octanol–water partition coefficient (Wildman–Crippen LogP) is 2.41. The molecule has 3 aromatic rings. The molecule has 0 saturated heterocycles. The fraction of sp³-hybridized carbons (Fsp3) is 0.294. The SMILES string of the molecule is COCCOc1cc2ncc3c(N)nc(OC)cc3c2cc1OC. The molecule has 0 aliphatic carbocycles. The van der Waals surface area contributed by atoms with E-state index in [2.05, 4.69) is 9.97 Å². The van der Waals surface area contributed by atoms with Gasteiger partial charge in [-0.15, -0.1) is 0 Å². The van der Waals surface area contributed by atoms with Gasteiger partial charge < -0.3 is 24.7 Å². The summed E-state index contributed by atoms with van der Waals surface area (Å²) < 4.78 is 21.4. The van der Waals surface area contributed by atoms with Gasteiger partial charge in [0.05, 0.1) is 26.3 Å². The van der Waals surface area contributed by atoms with E-state index in [1.165, 1.54) is 0 Å². The van der Waals surface area contributed by atoms with Gasteiger partial charge in [-0.3, -0.25) is 4.98 Å². The second-order valence-corrected chi connectivity index (χ2v) is 5.13. The lowest BCUT2D eigenvalue weighted by Gasteiger charge is -2.13. The van der Waals surface area contributed by atoms with Gasteiger partial charge in [0.1, 0.15) is 12.4 Å². The van der Waals surface area contributed by atoms with Crippen LogP contribution in [0.15, 0.2) is 24.4 Å². The molecular formula is C17H19N3O4. The maximum atomic E-state index is 6.00. The summed E-state index contributed by atoms with van der Waals surface area (Å²) in [7, 11) is 4.78. The van der Waals surface area contributed by atoms with Crippen LogP contribution in [0.2, 0.25) is 0 Å². The number of rotatable bonds is 6. The molecule has 7 nitrogen and oxygen atoms in total. The van der Waals surface area contributed by atoms with Crippen LogP contribution in [-0.4, -0.2) is 44.5 Å². The van der Waals surface area contributed by atoms with Crippen LogP contribution < -0.4 is 19.9 Å². The molecule has 126 valence electrons. The number of methoxy groups -OCH3 is 3. The summed E-state index contributed by atoms with van der Waals surface area (Å²) in [6.45, 7) is 0.919. The van der Waals surface area contributed by atoms with Gasteiger partial charge in [-0.1, -0.05) is 0 Å². The monoisotopic (exact) mass is 329 g/mol. The molecule has 7 heteroatoms. The summed E-state index contributed by atoms with van der Waals surface area (Å²) >= 11 is 0. The van der Waals surface area contributed by atoms with E-state index in [1.807, 2.05) is 18.2 Å². The van der Waals surface area contributed by atoms with Crippen LogP contribution in [0.5, 0.6) is 17.4 Å². The number of hydrogen-bond acceptors (Lipinski definition) is 7. The van der Waals surface area contributed by atoms with Gasteiger partial charge in [-0.25, -0.2) is 0 Å². The highest BCUT2D eigenvalue weighted by Gasteiger charge is 2.13. The minimum absolute atomic E-state index is 0.373. The summed E-state index contributed by atoms with van der Waals surface area (Å²) in [6.07, 6.45) is 1.70. The number of benzene rings is 1. The molecule has 0 amide bonds. The Morgan fingerprint density at radius 3 is 2.46 bits per heavy atom. The normalized spacial score (nSPS) is 11.0. The average molecular weight is 329 g/mol. The molecule has 0 aliphatic heterocycles. The maximum Gasteiger partial charge on any atom is 0.215 e. The average Bonchev–Trinajstić information content (AvgIpc) is 2.60. The van der Waals surface area contributed by atoms with Crippen LogP contribution in [0, 0.1) is 0 Å². The third-order valence-corrected chi connectivity index (χ3v) is 3.72. The van der Waals surface area contributed by atoms with Gasteiger partial charge in [0.25, 0.3) is 0 Å². The lowest BCUT2D eigenvalue weighted by atomic mass is 10.1. The first-order valence-corrected chi connectivity index (χ1v) is 7.40. The first-order valence-electron chi connectivity index (χ1n) is 7.40. The highest BCUT2D eigenvalue weighted by Crippen LogP contribution is 2.36. The lowest BCUT2D eigenvalue weighted by Crippen LogP contribution is -2.05. The number of anilines is 1. The molecule has 0 bridgehead atoms. The van der Waals surface area contributed by atoms with Crippen molar-refractivity contribution in [3.63, 3.8) is 0 Å². The van der Waals surface area contributed by atoms with E-state index < -0.39 is 0 Å². The van der Waals surface area contributed by atoms with Crippen LogP contribution in [0.25, 0.3) is 21.7 Å². The number of hydrogen-bond donors (Lipinski definition) is 1. The van der Waals surface area contributed by atoms with Crippen molar-refractivity contribution in [1.82, 2.24) is 9.97 Å². The maximum absolute atomic E-state index is 6.00. The topological polar surface area (TPSA) is 88.7 Å². The number of nitrogens with zero attached hydrogens (tertiary/aromatic N) is 2. The van der Waals surface area contributed by atoms with Gasteiger partial charge in [-0.05, 0) is 6.07 Å². The molecule has 0 unspecified atom stereocenters. The van der Waals surface area contributed by atoms with Crippen molar-refractivity contribution in [1.29, 1.82) is 0 Å². The van der Waals surface area contributed by atoms with E-state index in [-0.39, 0.29) is 0 Å². The number of ether oxygens (including phenoxy) is 4. The predicted molar refractivity (Wildman–Crippen MR) is 91.9 cm³/mol. The number of fused-ring (bicyclic) bond motifs is 3. The molecule has 0 fully saturated rings. The van der Waals surface area contributed by atoms with Crippen LogP contribution in [0.4, 0.5) is 5.82 Å². The van der Waals surface area contributed by atoms with Gasteiger partial charge in [-0.2, -0.15) is 4.98 Å². The molecular weight excluding hydrogens is 310 g/mol. The van der Waals surface area contributed by atoms with Crippen molar-refractivity contribution in [2.24, 2.45) is 0 Å². The Kier molecular flexibility index (Phi) is 4.52. The fourth-order valence-corrected chi connectivity index (χ4v) is 2.53. The van der Waals surface area contributed by atoms with Crippen molar-refractivity contribution in [2.45, 2.75) is 0 Å². The van der Waals surface area contributed by atoms with Crippen LogP contribution in [0.1, 0.15) is 0 Å². The zero-order valence-corrected chi connectivity index (χ0v) is 13.8. The van der Waals surface area contributed by atoms with Crippen LogP contribution in [-0.2, 0) is 4.74 Å². The van der Waals surface area contributed by atoms with E-state index in [0.717, 1.165) is 21.7 Å². The van der Waals surface area contributed by atoms with Crippen molar-refractivity contribution >= 4 is 27.5 Å². The summed E-state index contributed by atoms with van der Waals surface area (Å²) in [5, 5.41) is 2.54. The Morgan fingerprint density at radius 2 is 1.75 bits per heavy atom. The standard InChI is InChI=1S/C17H19N3O4/c1-21-4-5-24-15-8-13-11(6-14(15)22-2)10-7-16(23-3)20-17(18)12(10)9-19-13/h6-9H,4-5H2,1-3H3,(H2,18,20). The molecule has 0 spiro atoms. The Hall–Kier alpha value is -2.80. The van der Waals surface area contributed by atoms with Crippen molar-refractivity contribution in [2.75, 3.05) is 40.3 Å². The Morgan fingerprint density at radius 1 is 0.917 bits per heavy atom. The molecule has 0 aliphatic rings. The van der Waals surface area contributed by atoms with Gasteiger partial charge >= 0.3 is 0 Å². The van der Waals surface area contributed by atoms with Crippen LogP contribution in [0.3, 0.4) is 0 Å². The summed E-state index contributed by atoms with van der Waals surface area (Å²) in [6, 6.07) is 5.55. The number of pyridine rings is 2. The molecule has 2 N–H and O–H groups in total. The first-order chi connectivity index (χ1) is 11.7.